The topological polar surface area (TPSA) is 67.2 Å². The van der Waals surface area contributed by atoms with E-state index in [0.29, 0.717) is 12.5 Å². The summed E-state index contributed by atoms with van der Waals surface area (Å²) in [6, 6.07) is 11.0. The fourth-order valence-corrected chi connectivity index (χ4v) is 6.38. The van der Waals surface area contributed by atoms with Gasteiger partial charge in [0, 0.05) is 12.0 Å². The Labute approximate surface area is 197 Å². The number of aliphatic hydroxyl groups excluding tert-OH is 1. The monoisotopic (exact) mass is 447 g/mol. The van der Waals surface area contributed by atoms with E-state index >= 15 is 0 Å². The highest BCUT2D eigenvalue weighted by Crippen LogP contribution is 2.45. The van der Waals surface area contributed by atoms with Gasteiger partial charge in [-0.05, 0) is 74.5 Å². The zero-order valence-electron chi connectivity index (χ0n) is 19.7. The standard InChI is InChI=1S/C28H37N3O2/c1-19-25-17-29-18-31(25)24(27(19)21-8-4-2-5-9-21)16-26(32)20-12-14-22(15-13-20)28(33)30-23-10-6-3-7-11-23/h2,4-5,8-9,17-18,20,22-24,26,32H,3,6-7,10-16H2,1H3,(H,30,33)/t20?,22?,24?,26-/m0/s1. The van der Waals surface area contributed by atoms with Gasteiger partial charge in [-0.15, -0.1) is 0 Å². The lowest BCUT2D eigenvalue weighted by Crippen LogP contribution is -2.41. The molecule has 0 spiro atoms. The zero-order chi connectivity index (χ0) is 22.8. The molecule has 0 bridgehead atoms. The van der Waals surface area contributed by atoms with E-state index in [9.17, 15) is 9.90 Å². The molecule has 1 aliphatic heterocycles. The lowest BCUT2D eigenvalue weighted by molar-refractivity contribution is -0.127. The molecule has 0 radical (unpaired) electrons. The first kappa shape index (κ1) is 22.4. The summed E-state index contributed by atoms with van der Waals surface area (Å²) in [6.07, 6.45) is 13.8. The van der Waals surface area contributed by atoms with E-state index in [1.165, 1.54) is 36.0 Å². The zero-order valence-corrected chi connectivity index (χ0v) is 19.7. The average Bonchev–Trinajstić information content (AvgIpc) is 3.43. The maximum atomic E-state index is 12.8. The molecule has 2 aromatic rings. The fourth-order valence-electron chi connectivity index (χ4n) is 6.38. The summed E-state index contributed by atoms with van der Waals surface area (Å²) in [5, 5.41) is 14.6. The maximum Gasteiger partial charge on any atom is 0.223 e. The molecule has 0 saturated heterocycles. The largest absolute Gasteiger partial charge is 0.393 e. The summed E-state index contributed by atoms with van der Waals surface area (Å²) in [7, 11) is 0. The molecule has 2 heterocycles. The van der Waals surface area contributed by atoms with Crippen LogP contribution in [-0.2, 0) is 4.79 Å². The number of hydrogen-bond donors (Lipinski definition) is 2. The Kier molecular flexibility index (Phi) is 6.68. The van der Waals surface area contributed by atoms with Gasteiger partial charge in [0.1, 0.15) is 0 Å². The SMILES string of the molecule is CC1=C(c2ccccc2)C(C[C@H](O)C2CCC(C(=O)NC3CCCCC3)CC2)n2cncc21. The molecule has 176 valence electrons. The number of aromatic nitrogens is 2. The van der Waals surface area contributed by atoms with Crippen LogP contribution in [0.5, 0.6) is 0 Å². The number of hydrogen-bond acceptors (Lipinski definition) is 3. The molecule has 1 aromatic carbocycles. The number of carbonyl (C=O) groups is 1. The van der Waals surface area contributed by atoms with E-state index < -0.39 is 0 Å². The summed E-state index contributed by atoms with van der Waals surface area (Å²) in [6.45, 7) is 2.17. The minimum atomic E-state index is -0.378. The van der Waals surface area contributed by atoms with E-state index in [1.807, 2.05) is 18.6 Å². The molecule has 5 nitrogen and oxygen atoms in total. The summed E-state index contributed by atoms with van der Waals surface area (Å²) in [4.78, 5) is 17.1. The molecule has 2 N–H and O–H groups in total. The molecule has 1 amide bonds. The Balaban J connectivity index is 1.21. The van der Waals surface area contributed by atoms with Crippen LogP contribution in [0.15, 0.2) is 42.9 Å². The number of fused-ring (bicyclic) bond motifs is 1. The van der Waals surface area contributed by atoms with Crippen LogP contribution in [0.3, 0.4) is 0 Å². The van der Waals surface area contributed by atoms with Gasteiger partial charge in [0.05, 0.1) is 30.4 Å². The van der Waals surface area contributed by atoms with E-state index in [1.54, 1.807) is 0 Å². The molecule has 2 saturated carbocycles. The number of benzene rings is 1. The minimum Gasteiger partial charge on any atom is -0.393 e. The van der Waals surface area contributed by atoms with E-state index in [2.05, 4.69) is 46.1 Å². The number of carbonyl (C=O) groups excluding carboxylic acids is 1. The van der Waals surface area contributed by atoms with Crippen molar-refractivity contribution in [3.8, 4) is 0 Å². The van der Waals surface area contributed by atoms with Gasteiger partial charge in [0.15, 0.2) is 0 Å². The van der Waals surface area contributed by atoms with Crippen LogP contribution in [-0.4, -0.2) is 32.7 Å². The normalized spacial score (nSPS) is 26.8. The maximum absolute atomic E-state index is 12.8. The molecule has 2 fully saturated rings. The Hall–Kier alpha value is -2.40. The predicted octanol–water partition coefficient (Wildman–Crippen LogP) is 5.37. The Bertz CT molecular complexity index is 982. The first-order chi connectivity index (χ1) is 16.1. The quantitative estimate of drug-likeness (QED) is 0.625. The van der Waals surface area contributed by atoms with Crippen LogP contribution in [0.2, 0.25) is 0 Å². The molecule has 2 atom stereocenters. The smallest absolute Gasteiger partial charge is 0.223 e. The number of amides is 1. The third kappa shape index (κ3) is 4.65. The second-order valence-electron chi connectivity index (χ2n) is 10.4. The van der Waals surface area contributed by atoms with Crippen LogP contribution in [0.4, 0.5) is 0 Å². The lowest BCUT2D eigenvalue weighted by atomic mass is 9.77. The Morgan fingerprint density at radius 1 is 1.09 bits per heavy atom. The van der Waals surface area contributed by atoms with Crippen LogP contribution in [0.1, 0.15) is 88.4 Å². The molecule has 33 heavy (non-hydrogen) atoms. The first-order valence-corrected chi connectivity index (χ1v) is 12.9. The highest BCUT2D eigenvalue weighted by Gasteiger charge is 2.36. The second-order valence-corrected chi connectivity index (χ2v) is 10.4. The molecular formula is C28H37N3O2. The van der Waals surface area contributed by atoms with Crippen LogP contribution in [0.25, 0.3) is 11.1 Å². The molecule has 1 unspecified atom stereocenters. The molecule has 5 rings (SSSR count). The van der Waals surface area contributed by atoms with Crippen molar-refractivity contribution in [3.05, 3.63) is 54.1 Å². The van der Waals surface area contributed by atoms with Crippen molar-refractivity contribution in [3.63, 3.8) is 0 Å². The number of imidazole rings is 1. The van der Waals surface area contributed by atoms with Crippen molar-refractivity contribution in [2.75, 3.05) is 0 Å². The van der Waals surface area contributed by atoms with Crippen molar-refractivity contribution < 1.29 is 9.90 Å². The van der Waals surface area contributed by atoms with Gasteiger partial charge in [-0.1, -0.05) is 49.6 Å². The average molecular weight is 448 g/mol. The number of nitrogens with one attached hydrogen (secondary N) is 1. The van der Waals surface area contributed by atoms with Crippen molar-refractivity contribution >= 4 is 17.1 Å². The number of allylic oxidation sites excluding steroid dienone is 2. The van der Waals surface area contributed by atoms with E-state index in [4.69, 9.17) is 0 Å². The summed E-state index contributed by atoms with van der Waals surface area (Å²) < 4.78 is 2.23. The van der Waals surface area contributed by atoms with Crippen molar-refractivity contribution in [1.82, 2.24) is 14.9 Å². The van der Waals surface area contributed by atoms with E-state index in [-0.39, 0.29) is 29.9 Å². The highest BCUT2D eigenvalue weighted by atomic mass is 16.3. The van der Waals surface area contributed by atoms with Crippen LogP contribution >= 0.6 is 0 Å². The lowest BCUT2D eigenvalue weighted by Gasteiger charge is -2.33. The molecule has 2 aliphatic carbocycles. The molecule has 3 aliphatic rings. The van der Waals surface area contributed by atoms with Crippen molar-refractivity contribution in [1.29, 1.82) is 0 Å². The fraction of sp³-hybridized carbons (Fsp3) is 0.571. The second kappa shape index (κ2) is 9.84. The third-order valence-corrected chi connectivity index (χ3v) is 8.31. The highest BCUT2D eigenvalue weighted by molar-refractivity contribution is 5.93. The van der Waals surface area contributed by atoms with Gasteiger partial charge in [0.2, 0.25) is 5.91 Å². The van der Waals surface area contributed by atoms with E-state index in [0.717, 1.165) is 44.2 Å². The molecule has 5 heteroatoms. The predicted molar refractivity (Wildman–Crippen MR) is 131 cm³/mol. The molecular weight excluding hydrogens is 410 g/mol. The number of rotatable bonds is 6. The van der Waals surface area contributed by atoms with Gasteiger partial charge in [-0.3, -0.25) is 4.79 Å². The van der Waals surface area contributed by atoms with Gasteiger partial charge >= 0.3 is 0 Å². The van der Waals surface area contributed by atoms with Crippen molar-refractivity contribution in [2.24, 2.45) is 11.8 Å². The summed E-state index contributed by atoms with van der Waals surface area (Å²) in [5.74, 6) is 0.622. The van der Waals surface area contributed by atoms with Crippen molar-refractivity contribution in [2.45, 2.75) is 89.3 Å². The number of aliphatic hydroxyl groups is 1. The number of nitrogens with zero attached hydrogens (tertiary/aromatic N) is 2. The summed E-state index contributed by atoms with van der Waals surface area (Å²) >= 11 is 0. The Morgan fingerprint density at radius 3 is 2.55 bits per heavy atom. The van der Waals surface area contributed by atoms with Gasteiger partial charge in [-0.2, -0.15) is 0 Å². The minimum absolute atomic E-state index is 0.104. The third-order valence-electron chi connectivity index (χ3n) is 8.31. The van der Waals surface area contributed by atoms with Gasteiger partial charge < -0.3 is 15.0 Å². The van der Waals surface area contributed by atoms with Crippen LogP contribution < -0.4 is 5.32 Å². The van der Waals surface area contributed by atoms with Crippen LogP contribution in [0, 0.1) is 11.8 Å². The summed E-state index contributed by atoms with van der Waals surface area (Å²) in [5.41, 5.74) is 4.92. The first-order valence-electron chi connectivity index (χ1n) is 12.9. The van der Waals surface area contributed by atoms with Gasteiger partial charge in [-0.25, -0.2) is 4.98 Å². The van der Waals surface area contributed by atoms with Gasteiger partial charge in [0.25, 0.3) is 0 Å². The Morgan fingerprint density at radius 2 is 1.82 bits per heavy atom. The molecule has 1 aromatic heterocycles.